The van der Waals surface area contributed by atoms with Crippen LogP contribution in [0.3, 0.4) is 0 Å². The topological polar surface area (TPSA) is 42.3 Å². The minimum Gasteiger partial charge on any atom is -0.380 e. The first-order valence-corrected chi connectivity index (χ1v) is 12.0. The zero-order valence-electron chi connectivity index (χ0n) is 19.7. The molecule has 0 bridgehead atoms. The van der Waals surface area contributed by atoms with E-state index in [1.165, 1.54) is 0 Å². The normalized spacial score (nSPS) is 19.9. The lowest BCUT2D eigenvalue weighted by molar-refractivity contribution is -0.137. The molecule has 5 nitrogen and oxygen atoms in total. The van der Waals surface area contributed by atoms with Gasteiger partial charge < -0.3 is 15.0 Å². The molecule has 2 aliphatic rings. The standard InChI is InChI=1S/C26H31F3N4O/c1-17-13-23-24(14-18(17)2)33(22-5-3-20(4-6-22)26(27,28)29)25(31-23)32-10-7-19(8-11-32)15-30-21-9-12-34-16-21/h3-6,13-14,19,21,30H,7-12,15-16H2,1-2H3. The van der Waals surface area contributed by atoms with E-state index in [1.807, 2.05) is 11.5 Å². The Kier molecular flexibility index (Phi) is 6.29. The molecule has 0 saturated carbocycles. The number of piperidine rings is 1. The number of hydrogen-bond donors (Lipinski definition) is 1. The van der Waals surface area contributed by atoms with Gasteiger partial charge in [-0.25, -0.2) is 4.98 Å². The van der Waals surface area contributed by atoms with Crippen LogP contribution < -0.4 is 10.2 Å². The summed E-state index contributed by atoms with van der Waals surface area (Å²) in [6.45, 7) is 8.48. The van der Waals surface area contributed by atoms with Crippen LogP contribution in [0.25, 0.3) is 16.7 Å². The summed E-state index contributed by atoms with van der Waals surface area (Å²) < 4.78 is 46.9. The van der Waals surface area contributed by atoms with Crippen LogP contribution in [0.15, 0.2) is 36.4 Å². The van der Waals surface area contributed by atoms with Crippen molar-refractivity contribution in [1.82, 2.24) is 14.9 Å². The number of fused-ring (bicyclic) bond motifs is 1. The highest BCUT2D eigenvalue weighted by Gasteiger charge is 2.31. The molecule has 3 heterocycles. The maximum Gasteiger partial charge on any atom is 0.416 e. The summed E-state index contributed by atoms with van der Waals surface area (Å²) in [7, 11) is 0. The highest BCUT2D eigenvalue weighted by molar-refractivity contribution is 5.83. The van der Waals surface area contributed by atoms with Crippen molar-refractivity contribution in [2.45, 2.75) is 45.3 Å². The van der Waals surface area contributed by atoms with Gasteiger partial charge in [-0.05, 0) is 93.1 Å². The first-order valence-electron chi connectivity index (χ1n) is 12.0. The Morgan fingerprint density at radius 1 is 1.03 bits per heavy atom. The van der Waals surface area contributed by atoms with E-state index in [2.05, 4.69) is 29.3 Å². The summed E-state index contributed by atoms with van der Waals surface area (Å²) in [5, 5.41) is 3.64. The van der Waals surface area contributed by atoms with Crippen LogP contribution in [-0.2, 0) is 10.9 Å². The Balaban J connectivity index is 1.42. The van der Waals surface area contributed by atoms with E-state index < -0.39 is 11.7 Å². The van der Waals surface area contributed by atoms with Crippen molar-refractivity contribution in [2.75, 3.05) is 37.7 Å². The zero-order valence-corrected chi connectivity index (χ0v) is 19.7. The van der Waals surface area contributed by atoms with Crippen molar-refractivity contribution in [1.29, 1.82) is 0 Å². The van der Waals surface area contributed by atoms with Crippen molar-refractivity contribution in [3.8, 4) is 5.69 Å². The molecule has 1 atom stereocenters. The quantitative estimate of drug-likeness (QED) is 0.550. The lowest BCUT2D eigenvalue weighted by atomic mass is 9.96. The molecule has 0 aliphatic carbocycles. The van der Waals surface area contributed by atoms with Gasteiger partial charge in [-0.3, -0.25) is 4.57 Å². The van der Waals surface area contributed by atoms with Gasteiger partial charge in [-0.2, -0.15) is 13.2 Å². The highest BCUT2D eigenvalue weighted by atomic mass is 19.4. The maximum atomic E-state index is 13.1. The van der Waals surface area contributed by atoms with Gasteiger partial charge >= 0.3 is 6.18 Å². The summed E-state index contributed by atoms with van der Waals surface area (Å²) in [5.41, 5.74) is 4.12. The molecule has 2 fully saturated rings. The second-order valence-corrected chi connectivity index (χ2v) is 9.62. The molecule has 5 rings (SSSR count). The Hall–Kier alpha value is -2.58. The van der Waals surface area contributed by atoms with Gasteiger partial charge in [0.05, 0.1) is 23.2 Å². The van der Waals surface area contributed by atoms with Gasteiger partial charge in [0.1, 0.15) is 0 Å². The lowest BCUT2D eigenvalue weighted by Crippen LogP contribution is -2.40. The molecule has 2 aliphatic heterocycles. The summed E-state index contributed by atoms with van der Waals surface area (Å²) in [6, 6.07) is 10.0. The monoisotopic (exact) mass is 472 g/mol. The Morgan fingerprint density at radius 3 is 2.38 bits per heavy atom. The van der Waals surface area contributed by atoms with E-state index in [-0.39, 0.29) is 0 Å². The van der Waals surface area contributed by atoms with Gasteiger partial charge in [0.2, 0.25) is 5.95 Å². The molecule has 182 valence electrons. The average molecular weight is 473 g/mol. The molecule has 1 unspecified atom stereocenters. The molecule has 0 spiro atoms. The molecule has 1 aromatic heterocycles. The Labute approximate surface area is 197 Å². The van der Waals surface area contributed by atoms with E-state index in [0.29, 0.717) is 17.6 Å². The third-order valence-electron chi connectivity index (χ3n) is 7.23. The van der Waals surface area contributed by atoms with Crippen LogP contribution in [-0.4, -0.2) is 48.4 Å². The number of halogens is 3. The molecule has 2 aromatic carbocycles. The number of aromatic nitrogens is 2. The number of rotatable bonds is 5. The van der Waals surface area contributed by atoms with Crippen molar-refractivity contribution in [3.63, 3.8) is 0 Å². The molecule has 8 heteroatoms. The van der Waals surface area contributed by atoms with Gasteiger partial charge in [-0.15, -0.1) is 0 Å². The number of imidazole rings is 1. The summed E-state index contributed by atoms with van der Waals surface area (Å²) in [6.07, 6.45) is -1.18. The largest absolute Gasteiger partial charge is 0.416 e. The molecule has 2 saturated heterocycles. The van der Waals surface area contributed by atoms with Crippen LogP contribution in [0.1, 0.15) is 36.0 Å². The van der Waals surface area contributed by atoms with Crippen LogP contribution >= 0.6 is 0 Å². The number of anilines is 1. The summed E-state index contributed by atoms with van der Waals surface area (Å²) in [4.78, 5) is 7.23. The third-order valence-corrected chi connectivity index (χ3v) is 7.23. The first-order chi connectivity index (χ1) is 16.3. The van der Waals surface area contributed by atoms with E-state index in [4.69, 9.17) is 9.72 Å². The summed E-state index contributed by atoms with van der Waals surface area (Å²) in [5.74, 6) is 1.40. The molecule has 0 amide bonds. The van der Waals surface area contributed by atoms with Gasteiger partial charge in [0.15, 0.2) is 0 Å². The predicted octanol–water partition coefficient (Wildman–Crippen LogP) is 5.26. The SMILES string of the molecule is Cc1cc2nc(N3CCC(CNC4CCOC4)CC3)n(-c3ccc(C(F)(F)F)cc3)c2cc1C. The van der Waals surface area contributed by atoms with Crippen LogP contribution in [0.5, 0.6) is 0 Å². The smallest absolute Gasteiger partial charge is 0.380 e. The van der Waals surface area contributed by atoms with Crippen molar-refractivity contribution < 1.29 is 17.9 Å². The van der Waals surface area contributed by atoms with Gasteiger partial charge in [-0.1, -0.05) is 0 Å². The van der Waals surface area contributed by atoms with Crippen molar-refractivity contribution in [3.05, 3.63) is 53.1 Å². The average Bonchev–Trinajstić information content (AvgIpc) is 3.46. The Bertz CT molecular complexity index is 1140. The fourth-order valence-electron chi connectivity index (χ4n) is 4.95. The number of hydrogen-bond acceptors (Lipinski definition) is 4. The van der Waals surface area contributed by atoms with E-state index in [1.54, 1.807) is 12.1 Å². The zero-order chi connectivity index (χ0) is 23.9. The minimum atomic E-state index is -4.35. The van der Waals surface area contributed by atoms with Gasteiger partial charge in [0.25, 0.3) is 0 Å². The van der Waals surface area contributed by atoms with E-state index in [0.717, 1.165) is 92.4 Å². The van der Waals surface area contributed by atoms with E-state index >= 15 is 0 Å². The number of benzene rings is 2. The molecule has 0 radical (unpaired) electrons. The first kappa shape index (κ1) is 23.2. The fraction of sp³-hybridized carbons (Fsp3) is 0.500. The van der Waals surface area contributed by atoms with Crippen LogP contribution in [0.4, 0.5) is 19.1 Å². The number of nitrogens with zero attached hydrogens (tertiary/aromatic N) is 3. The predicted molar refractivity (Wildman–Crippen MR) is 128 cm³/mol. The lowest BCUT2D eigenvalue weighted by Gasteiger charge is -2.33. The minimum absolute atomic E-state index is 0.466. The molecular weight excluding hydrogens is 441 g/mol. The number of ether oxygens (including phenoxy) is 1. The number of nitrogens with one attached hydrogen (secondary N) is 1. The Morgan fingerprint density at radius 2 is 1.74 bits per heavy atom. The third kappa shape index (κ3) is 4.66. The molecule has 34 heavy (non-hydrogen) atoms. The van der Waals surface area contributed by atoms with Crippen molar-refractivity contribution >= 4 is 17.0 Å². The molecule has 3 aromatic rings. The molecular formula is C26H31F3N4O. The highest BCUT2D eigenvalue weighted by Crippen LogP contribution is 2.34. The van der Waals surface area contributed by atoms with Crippen molar-refractivity contribution in [2.24, 2.45) is 5.92 Å². The number of aryl methyl sites for hydroxylation is 2. The maximum absolute atomic E-state index is 13.1. The van der Waals surface area contributed by atoms with E-state index in [9.17, 15) is 13.2 Å². The molecule has 1 N–H and O–H groups in total. The van der Waals surface area contributed by atoms with Gasteiger partial charge in [0, 0.05) is 31.4 Å². The summed E-state index contributed by atoms with van der Waals surface area (Å²) >= 11 is 0. The second kappa shape index (κ2) is 9.23. The fourth-order valence-corrected chi connectivity index (χ4v) is 4.95. The second-order valence-electron chi connectivity index (χ2n) is 9.62. The van der Waals surface area contributed by atoms with Crippen LogP contribution in [0, 0.1) is 19.8 Å². The van der Waals surface area contributed by atoms with Crippen LogP contribution in [0.2, 0.25) is 0 Å². The number of alkyl halides is 3.